The number of hydrogen-bond donors (Lipinski definition) is 2. The van der Waals surface area contributed by atoms with Crippen LogP contribution in [0.25, 0.3) is 10.1 Å². The average molecular weight is 368 g/mol. The predicted octanol–water partition coefficient (Wildman–Crippen LogP) is 3.86. The van der Waals surface area contributed by atoms with Crippen LogP contribution in [0.5, 0.6) is 0 Å². The van der Waals surface area contributed by atoms with Gasteiger partial charge >= 0.3 is 18.1 Å². The summed E-state index contributed by atoms with van der Waals surface area (Å²) in [6.07, 6.45) is -5.09. The summed E-state index contributed by atoms with van der Waals surface area (Å²) in [4.78, 5) is 21.7. The van der Waals surface area contributed by atoms with Gasteiger partial charge in [0.05, 0.1) is 10.4 Å². The monoisotopic (exact) mass is 367 g/mol. The zero-order chi connectivity index (χ0) is 15.1. The Morgan fingerprint density at radius 1 is 1.30 bits per heavy atom. The number of hydrogen-bond acceptors (Lipinski definition) is 3. The summed E-state index contributed by atoms with van der Waals surface area (Å²) in [5.74, 6) is -3.62. The van der Waals surface area contributed by atoms with Gasteiger partial charge in [0, 0.05) is 9.86 Å². The fourth-order valence-electron chi connectivity index (χ4n) is 1.54. The lowest BCUT2D eigenvalue weighted by atomic mass is 10.2. The molecule has 2 aromatic rings. The normalized spacial score (nSPS) is 11.6. The van der Waals surface area contributed by atoms with E-state index in [4.69, 9.17) is 5.11 Å². The second-order valence-electron chi connectivity index (χ2n) is 3.68. The quantitative estimate of drug-likeness (QED) is 0.846. The molecular weight excluding hydrogens is 363 g/mol. The molecule has 0 aliphatic carbocycles. The van der Waals surface area contributed by atoms with E-state index in [0.717, 1.165) is 11.3 Å². The van der Waals surface area contributed by atoms with Crippen molar-refractivity contribution in [3.63, 3.8) is 0 Å². The Morgan fingerprint density at radius 2 is 1.95 bits per heavy atom. The number of alkyl halides is 3. The van der Waals surface area contributed by atoms with Crippen molar-refractivity contribution in [1.82, 2.24) is 0 Å². The Labute approximate surface area is 122 Å². The Bertz CT molecular complexity index is 711. The number of carboxylic acid groups (broad SMARTS) is 1. The van der Waals surface area contributed by atoms with Gasteiger partial charge < -0.3 is 10.4 Å². The van der Waals surface area contributed by atoms with Crippen molar-refractivity contribution in [1.29, 1.82) is 0 Å². The van der Waals surface area contributed by atoms with E-state index >= 15 is 0 Å². The Hall–Kier alpha value is -1.61. The number of anilines is 1. The Balaban J connectivity index is 2.61. The Kier molecular flexibility index (Phi) is 3.74. The van der Waals surface area contributed by atoms with Crippen LogP contribution in [-0.4, -0.2) is 23.2 Å². The van der Waals surface area contributed by atoms with E-state index in [2.05, 4.69) is 15.9 Å². The van der Waals surface area contributed by atoms with Gasteiger partial charge in [0.25, 0.3) is 0 Å². The van der Waals surface area contributed by atoms with Gasteiger partial charge in [-0.15, -0.1) is 11.3 Å². The molecule has 0 unspecified atom stereocenters. The van der Waals surface area contributed by atoms with E-state index in [9.17, 15) is 22.8 Å². The Morgan fingerprint density at radius 3 is 2.50 bits per heavy atom. The van der Waals surface area contributed by atoms with Crippen LogP contribution in [0.4, 0.5) is 18.9 Å². The summed E-state index contributed by atoms with van der Waals surface area (Å²) in [7, 11) is 0. The van der Waals surface area contributed by atoms with Crippen LogP contribution in [0.2, 0.25) is 0 Å². The largest absolute Gasteiger partial charge is 0.477 e. The fraction of sp³-hybridized carbons (Fsp3) is 0.0909. The van der Waals surface area contributed by atoms with E-state index in [1.165, 1.54) is 12.1 Å². The van der Waals surface area contributed by atoms with E-state index in [1.54, 1.807) is 11.4 Å². The van der Waals surface area contributed by atoms with Crippen molar-refractivity contribution >= 4 is 54.9 Å². The molecule has 0 aliphatic rings. The molecule has 9 heteroatoms. The first-order chi connectivity index (χ1) is 9.21. The number of carboxylic acids is 1. The van der Waals surface area contributed by atoms with Crippen molar-refractivity contribution in [3.05, 3.63) is 27.5 Å². The molecule has 2 rings (SSSR count). The van der Waals surface area contributed by atoms with Gasteiger partial charge in [-0.1, -0.05) is 12.1 Å². The molecule has 1 heterocycles. The SMILES string of the molecule is O=C(O)c1sc2c(Br)cccc2c1NC(=O)C(F)(F)F. The number of carbonyl (C=O) groups is 2. The number of nitrogens with one attached hydrogen (secondary N) is 1. The zero-order valence-corrected chi connectivity index (χ0v) is 11.8. The van der Waals surface area contributed by atoms with Gasteiger partial charge in [0.2, 0.25) is 0 Å². The highest BCUT2D eigenvalue weighted by molar-refractivity contribution is 9.10. The molecule has 1 amide bonds. The van der Waals surface area contributed by atoms with Crippen molar-refractivity contribution in [2.75, 3.05) is 5.32 Å². The van der Waals surface area contributed by atoms with Gasteiger partial charge in [0.15, 0.2) is 0 Å². The van der Waals surface area contributed by atoms with Gasteiger partial charge in [-0.2, -0.15) is 13.2 Å². The van der Waals surface area contributed by atoms with Crippen molar-refractivity contribution < 1.29 is 27.9 Å². The molecule has 106 valence electrons. The summed E-state index contributed by atoms with van der Waals surface area (Å²) < 4.78 is 37.8. The van der Waals surface area contributed by atoms with Crippen LogP contribution < -0.4 is 5.32 Å². The third kappa shape index (κ3) is 2.63. The minimum absolute atomic E-state index is 0.236. The van der Waals surface area contributed by atoms with Crippen LogP contribution in [-0.2, 0) is 4.79 Å². The molecule has 0 aliphatic heterocycles. The standard InChI is InChI=1S/C11H5BrF3NO3S/c12-5-3-1-2-4-6(16-10(19)11(13,14)15)8(9(17)18)20-7(4)5/h1-3H,(H,16,19)(H,17,18). The molecular formula is C11H5BrF3NO3S. The second kappa shape index (κ2) is 5.06. The number of aromatic carboxylic acids is 1. The maximum absolute atomic E-state index is 12.3. The maximum atomic E-state index is 12.3. The molecule has 4 nitrogen and oxygen atoms in total. The lowest BCUT2D eigenvalue weighted by Crippen LogP contribution is -2.30. The molecule has 0 atom stereocenters. The van der Waals surface area contributed by atoms with E-state index in [-0.39, 0.29) is 16.0 Å². The topological polar surface area (TPSA) is 66.4 Å². The molecule has 20 heavy (non-hydrogen) atoms. The number of halogens is 4. The van der Waals surface area contributed by atoms with Crippen LogP contribution in [0.3, 0.4) is 0 Å². The van der Waals surface area contributed by atoms with E-state index in [1.807, 2.05) is 0 Å². The van der Waals surface area contributed by atoms with Gasteiger partial charge in [0.1, 0.15) is 4.88 Å². The van der Waals surface area contributed by atoms with Crippen molar-refractivity contribution in [2.45, 2.75) is 6.18 Å². The highest BCUT2D eigenvalue weighted by Gasteiger charge is 2.39. The van der Waals surface area contributed by atoms with Crippen LogP contribution in [0, 0.1) is 0 Å². The lowest BCUT2D eigenvalue weighted by Gasteiger charge is -2.08. The van der Waals surface area contributed by atoms with Crippen LogP contribution in [0.15, 0.2) is 22.7 Å². The van der Waals surface area contributed by atoms with Crippen LogP contribution in [0.1, 0.15) is 9.67 Å². The average Bonchev–Trinajstić information content (AvgIpc) is 2.69. The number of carbonyl (C=O) groups excluding carboxylic acids is 1. The molecule has 2 N–H and O–H groups in total. The summed E-state index contributed by atoms with van der Waals surface area (Å²) in [5, 5.41) is 10.9. The third-order valence-electron chi connectivity index (χ3n) is 2.36. The molecule has 0 bridgehead atoms. The minimum Gasteiger partial charge on any atom is -0.477 e. The number of benzene rings is 1. The summed E-state index contributed by atoms with van der Waals surface area (Å²) >= 11 is 3.96. The highest BCUT2D eigenvalue weighted by atomic mass is 79.9. The zero-order valence-electron chi connectivity index (χ0n) is 9.42. The lowest BCUT2D eigenvalue weighted by molar-refractivity contribution is -0.167. The van der Waals surface area contributed by atoms with Gasteiger partial charge in [-0.3, -0.25) is 4.79 Å². The summed E-state index contributed by atoms with van der Waals surface area (Å²) in [6.45, 7) is 0. The molecule has 1 aromatic heterocycles. The first-order valence-corrected chi connectivity index (χ1v) is 6.65. The first-order valence-electron chi connectivity index (χ1n) is 5.04. The summed E-state index contributed by atoms with van der Waals surface area (Å²) in [6, 6.07) is 4.60. The smallest absolute Gasteiger partial charge is 0.471 e. The predicted molar refractivity (Wildman–Crippen MR) is 71.2 cm³/mol. The third-order valence-corrected chi connectivity index (χ3v) is 4.51. The maximum Gasteiger partial charge on any atom is 0.471 e. The number of thiophene rings is 1. The number of amides is 1. The number of fused-ring (bicyclic) bond motifs is 1. The molecule has 0 saturated carbocycles. The molecule has 0 fully saturated rings. The fourth-order valence-corrected chi connectivity index (χ4v) is 3.15. The molecule has 1 aromatic carbocycles. The van der Waals surface area contributed by atoms with Gasteiger partial charge in [-0.25, -0.2) is 4.79 Å². The minimum atomic E-state index is -5.09. The van der Waals surface area contributed by atoms with Crippen LogP contribution >= 0.6 is 27.3 Å². The molecule has 0 spiro atoms. The van der Waals surface area contributed by atoms with Crippen molar-refractivity contribution in [2.24, 2.45) is 0 Å². The number of rotatable bonds is 2. The highest BCUT2D eigenvalue weighted by Crippen LogP contribution is 2.40. The van der Waals surface area contributed by atoms with E-state index in [0.29, 0.717) is 9.17 Å². The van der Waals surface area contributed by atoms with Gasteiger partial charge in [-0.05, 0) is 22.0 Å². The second-order valence-corrected chi connectivity index (χ2v) is 5.55. The van der Waals surface area contributed by atoms with E-state index < -0.39 is 18.1 Å². The molecule has 0 radical (unpaired) electrons. The van der Waals surface area contributed by atoms with Crippen molar-refractivity contribution in [3.8, 4) is 0 Å². The summed E-state index contributed by atoms with van der Waals surface area (Å²) in [5.41, 5.74) is -0.346. The molecule has 0 saturated heterocycles. The first kappa shape index (κ1) is 14.8.